The lowest BCUT2D eigenvalue weighted by Gasteiger charge is -2.32. The minimum atomic E-state index is -0.921. The number of hydrogen-bond donors (Lipinski definition) is 2. The molecule has 0 radical (unpaired) electrons. The Bertz CT molecular complexity index is 832. The normalized spacial score (nSPS) is 15.5. The zero-order valence-electron chi connectivity index (χ0n) is 23.9. The molecule has 8 nitrogen and oxygen atoms in total. The molecule has 1 aromatic rings. The van der Waals surface area contributed by atoms with Crippen LogP contribution < -0.4 is 10.6 Å². The quantitative estimate of drug-likeness (QED) is 0.238. The molecule has 8 heteroatoms. The summed E-state index contributed by atoms with van der Waals surface area (Å²) in [6, 6.07) is 9.63. The number of ether oxygens (including phenoxy) is 2. The van der Waals surface area contributed by atoms with Crippen LogP contribution >= 0.6 is 0 Å². The van der Waals surface area contributed by atoms with Crippen molar-refractivity contribution in [3.63, 3.8) is 0 Å². The van der Waals surface area contributed by atoms with Gasteiger partial charge in [0.2, 0.25) is 5.91 Å². The van der Waals surface area contributed by atoms with E-state index < -0.39 is 23.7 Å². The zero-order valence-corrected chi connectivity index (χ0v) is 23.9. The predicted octanol–water partition coefficient (Wildman–Crippen LogP) is 5.20. The van der Waals surface area contributed by atoms with Crippen LogP contribution in [0.2, 0.25) is 0 Å². The molecule has 1 atom stereocenters. The second kappa shape index (κ2) is 17.1. The van der Waals surface area contributed by atoms with Gasteiger partial charge < -0.3 is 20.1 Å². The minimum Gasteiger partial charge on any atom is -0.464 e. The summed E-state index contributed by atoms with van der Waals surface area (Å²) >= 11 is 0. The Labute approximate surface area is 229 Å². The van der Waals surface area contributed by atoms with E-state index in [-0.39, 0.29) is 18.7 Å². The monoisotopic (exact) mass is 531 g/mol. The predicted molar refractivity (Wildman–Crippen MR) is 150 cm³/mol. The van der Waals surface area contributed by atoms with Gasteiger partial charge in [0.1, 0.15) is 11.6 Å². The van der Waals surface area contributed by atoms with Crippen molar-refractivity contribution in [3.05, 3.63) is 35.9 Å². The van der Waals surface area contributed by atoms with Crippen molar-refractivity contribution in [1.29, 1.82) is 0 Å². The largest absolute Gasteiger partial charge is 0.464 e. The fourth-order valence-electron chi connectivity index (χ4n) is 4.56. The van der Waals surface area contributed by atoms with Gasteiger partial charge in [0.25, 0.3) is 0 Å². The summed E-state index contributed by atoms with van der Waals surface area (Å²) in [6.07, 6.45) is 6.77. The van der Waals surface area contributed by atoms with Crippen molar-refractivity contribution in [1.82, 2.24) is 15.5 Å². The Morgan fingerprint density at radius 2 is 1.76 bits per heavy atom. The highest BCUT2D eigenvalue weighted by Crippen LogP contribution is 2.21. The molecule has 0 saturated carbocycles. The Hall–Kier alpha value is -2.61. The average Bonchev–Trinajstić information content (AvgIpc) is 2.87. The highest BCUT2D eigenvalue weighted by molar-refractivity contribution is 5.83. The molecular weight excluding hydrogens is 482 g/mol. The summed E-state index contributed by atoms with van der Waals surface area (Å²) in [6.45, 7) is 11.5. The molecule has 0 spiro atoms. The maximum atomic E-state index is 12.6. The molecule has 1 aliphatic heterocycles. The number of carbonyl (C=O) groups excluding carboxylic acids is 3. The highest BCUT2D eigenvalue weighted by atomic mass is 16.6. The summed E-state index contributed by atoms with van der Waals surface area (Å²) in [5.41, 5.74) is 0.659. The van der Waals surface area contributed by atoms with Crippen LogP contribution in [-0.4, -0.2) is 60.8 Å². The van der Waals surface area contributed by atoms with Crippen molar-refractivity contribution in [2.45, 2.75) is 104 Å². The van der Waals surface area contributed by atoms with E-state index in [0.717, 1.165) is 64.6 Å². The van der Waals surface area contributed by atoms with Crippen LogP contribution in [0.25, 0.3) is 0 Å². The first kappa shape index (κ1) is 31.6. The van der Waals surface area contributed by atoms with Crippen molar-refractivity contribution >= 4 is 18.0 Å². The Kier molecular flexibility index (Phi) is 14.2. The van der Waals surface area contributed by atoms with E-state index in [4.69, 9.17) is 9.47 Å². The lowest BCUT2D eigenvalue weighted by atomic mass is 9.93. The Morgan fingerprint density at radius 3 is 2.42 bits per heavy atom. The first-order valence-corrected chi connectivity index (χ1v) is 14.4. The third kappa shape index (κ3) is 13.8. The van der Waals surface area contributed by atoms with Gasteiger partial charge in [-0.2, -0.15) is 0 Å². The van der Waals surface area contributed by atoms with Gasteiger partial charge in [0, 0.05) is 19.5 Å². The number of piperidine rings is 1. The third-order valence-corrected chi connectivity index (χ3v) is 6.71. The lowest BCUT2D eigenvalue weighted by molar-refractivity contribution is -0.146. The van der Waals surface area contributed by atoms with E-state index in [9.17, 15) is 14.4 Å². The fourth-order valence-corrected chi connectivity index (χ4v) is 4.56. The molecule has 0 bridgehead atoms. The van der Waals surface area contributed by atoms with Crippen LogP contribution in [0.4, 0.5) is 4.79 Å². The average molecular weight is 532 g/mol. The molecule has 0 aromatic heterocycles. The molecule has 1 unspecified atom stereocenters. The van der Waals surface area contributed by atoms with Gasteiger partial charge >= 0.3 is 12.1 Å². The molecule has 214 valence electrons. The Morgan fingerprint density at radius 1 is 1.05 bits per heavy atom. The lowest BCUT2D eigenvalue weighted by Crippen LogP contribution is -2.45. The van der Waals surface area contributed by atoms with Gasteiger partial charge in [0.05, 0.1) is 6.61 Å². The van der Waals surface area contributed by atoms with E-state index in [1.807, 2.05) is 6.07 Å². The van der Waals surface area contributed by atoms with Crippen LogP contribution in [0.1, 0.15) is 91.0 Å². The molecule has 2 amide bonds. The smallest absolute Gasteiger partial charge is 0.408 e. The standard InChI is InChI=1S/C30H49N3O5/c1-5-6-7-11-22-37-28(35)26(32-29(36)38-30(2,3)4)14-15-27(34)31-19-16-24-17-20-33(21-18-24)23-25-12-9-8-10-13-25/h8-10,12-13,24,26H,5-7,11,14-23H2,1-4H3,(H,31,34)(H,32,36). The molecular formula is C30H49N3O5. The van der Waals surface area contributed by atoms with Gasteiger partial charge in [-0.3, -0.25) is 9.69 Å². The summed E-state index contributed by atoms with van der Waals surface area (Å²) in [4.78, 5) is 39.9. The molecule has 1 aromatic carbocycles. The van der Waals surface area contributed by atoms with E-state index in [1.165, 1.54) is 5.56 Å². The van der Waals surface area contributed by atoms with Gasteiger partial charge in [-0.25, -0.2) is 9.59 Å². The van der Waals surface area contributed by atoms with Gasteiger partial charge in [0.15, 0.2) is 0 Å². The number of amides is 2. The summed E-state index contributed by atoms with van der Waals surface area (Å²) in [5.74, 6) is -0.0488. The van der Waals surface area contributed by atoms with Crippen LogP contribution in [0.5, 0.6) is 0 Å². The summed E-state index contributed by atoms with van der Waals surface area (Å²) in [7, 11) is 0. The molecule has 1 fully saturated rings. The van der Waals surface area contributed by atoms with Gasteiger partial charge in [-0.15, -0.1) is 0 Å². The van der Waals surface area contributed by atoms with Crippen LogP contribution in [0.3, 0.4) is 0 Å². The van der Waals surface area contributed by atoms with E-state index in [1.54, 1.807) is 20.8 Å². The van der Waals surface area contributed by atoms with Gasteiger partial charge in [-0.1, -0.05) is 56.5 Å². The number of unbranched alkanes of at least 4 members (excludes halogenated alkanes) is 3. The number of hydrogen-bond acceptors (Lipinski definition) is 6. The van der Waals surface area contributed by atoms with E-state index in [0.29, 0.717) is 19.1 Å². The molecule has 1 heterocycles. The number of benzene rings is 1. The van der Waals surface area contributed by atoms with Crippen molar-refractivity contribution < 1.29 is 23.9 Å². The number of alkyl carbamates (subject to hydrolysis) is 1. The maximum absolute atomic E-state index is 12.6. The second-order valence-corrected chi connectivity index (χ2v) is 11.3. The maximum Gasteiger partial charge on any atom is 0.408 e. The molecule has 2 N–H and O–H groups in total. The van der Waals surface area contributed by atoms with Crippen LogP contribution in [-0.2, 0) is 25.6 Å². The van der Waals surface area contributed by atoms with Crippen LogP contribution in [0.15, 0.2) is 30.3 Å². The first-order valence-electron chi connectivity index (χ1n) is 14.4. The van der Waals surface area contributed by atoms with Crippen LogP contribution in [0, 0.1) is 5.92 Å². The van der Waals surface area contributed by atoms with E-state index in [2.05, 4.69) is 46.7 Å². The fraction of sp³-hybridized carbons (Fsp3) is 0.700. The molecule has 1 saturated heterocycles. The van der Waals surface area contributed by atoms with Gasteiger partial charge in [-0.05, 0) is 77.4 Å². The molecule has 1 aliphatic rings. The minimum absolute atomic E-state index is 0.126. The Balaban J connectivity index is 1.70. The molecule has 38 heavy (non-hydrogen) atoms. The third-order valence-electron chi connectivity index (χ3n) is 6.71. The summed E-state index contributed by atoms with van der Waals surface area (Å²) < 4.78 is 10.7. The van der Waals surface area contributed by atoms with Crippen molar-refractivity contribution in [3.8, 4) is 0 Å². The SMILES string of the molecule is CCCCCCOC(=O)C(CCC(=O)NCCC1CCN(Cc2ccccc2)CC1)NC(=O)OC(C)(C)C. The highest BCUT2D eigenvalue weighted by Gasteiger charge is 2.26. The van der Waals surface area contributed by atoms with Crippen molar-refractivity contribution in [2.75, 3.05) is 26.2 Å². The number of rotatable bonds is 15. The summed E-state index contributed by atoms with van der Waals surface area (Å²) in [5, 5.41) is 5.57. The number of likely N-dealkylation sites (tertiary alicyclic amines) is 1. The van der Waals surface area contributed by atoms with Crippen molar-refractivity contribution in [2.24, 2.45) is 5.92 Å². The number of nitrogens with zero attached hydrogens (tertiary/aromatic N) is 1. The number of carbonyl (C=O) groups is 3. The topological polar surface area (TPSA) is 97.0 Å². The number of nitrogens with one attached hydrogen (secondary N) is 2. The number of esters is 1. The van der Waals surface area contributed by atoms with E-state index >= 15 is 0 Å². The zero-order chi connectivity index (χ0) is 27.8. The molecule has 2 rings (SSSR count). The first-order chi connectivity index (χ1) is 18.2. The second-order valence-electron chi connectivity index (χ2n) is 11.3. The molecule has 0 aliphatic carbocycles.